The summed E-state index contributed by atoms with van der Waals surface area (Å²) < 4.78 is 5.68. The van der Waals surface area contributed by atoms with E-state index in [1.807, 2.05) is 24.3 Å². The topological polar surface area (TPSA) is 38.8 Å². The van der Waals surface area contributed by atoms with Crippen molar-refractivity contribution >= 4 is 17.5 Å². The number of amides is 1. The predicted molar refractivity (Wildman–Crippen MR) is 81.3 cm³/mol. The highest BCUT2D eigenvalue weighted by molar-refractivity contribution is 6.30. The first-order chi connectivity index (χ1) is 10.1. The van der Waals surface area contributed by atoms with E-state index in [0.29, 0.717) is 22.9 Å². The Morgan fingerprint density at radius 2 is 1.90 bits per heavy atom. The van der Waals surface area contributed by atoms with Crippen molar-refractivity contribution in [2.75, 3.05) is 14.2 Å². The molecule has 0 saturated heterocycles. The largest absolute Gasteiger partial charge is 0.489 e. The molecule has 2 rings (SSSR count). The van der Waals surface area contributed by atoms with Crippen molar-refractivity contribution in [2.45, 2.75) is 6.61 Å². The summed E-state index contributed by atoms with van der Waals surface area (Å²) in [5.74, 6) is 0.398. The van der Waals surface area contributed by atoms with Crippen LogP contribution in [0.1, 0.15) is 15.9 Å². The lowest BCUT2D eigenvalue weighted by Gasteiger charge is -2.14. The third-order valence-corrected chi connectivity index (χ3v) is 3.21. The first kappa shape index (κ1) is 15.4. The molecule has 0 unspecified atom stereocenters. The smallest absolute Gasteiger partial charge is 0.277 e. The highest BCUT2D eigenvalue weighted by Crippen LogP contribution is 2.17. The number of rotatable bonds is 5. The van der Waals surface area contributed by atoms with Gasteiger partial charge < -0.3 is 4.74 Å². The van der Waals surface area contributed by atoms with Crippen LogP contribution in [-0.4, -0.2) is 25.1 Å². The molecule has 0 aliphatic carbocycles. The van der Waals surface area contributed by atoms with E-state index in [2.05, 4.69) is 0 Å². The van der Waals surface area contributed by atoms with E-state index >= 15 is 0 Å². The minimum absolute atomic E-state index is 0.227. The Hall–Kier alpha value is -2.04. The minimum Gasteiger partial charge on any atom is -0.489 e. The van der Waals surface area contributed by atoms with Crippen molar-refractivity contribution < 1.29 is 14.4 Å². The van der Waals surface area contributed by atoms with Crippen LogP contribution in [-0.2, 0) is 11.4 Å². The molecule has 0 heterocycles. The molecule has 2 aromatic rings. The second kappa shape index (κ2) is 7.11. The van der Waals surface area contributed by atoms with Crippen LogP contribution in [0.3, 0.4) is 0 Å². The lowest BCUT2D eigenvalue weighted by Crippen LogP contribution is -2.25. The monoisotopic (exact) mass is 305 g/mol. The molecule has 0 bridgehead atoms. The predicted octanol–water partition coefficient (Wildman–Crippen LogP) is 3.55. The molecule has 0 radical (unpaired) electrons. The summed E-state index contributed by atoms with van der Waals surface area (Å²) >= 11 is 5.83. The zero-order chi connectivity index (χ0) is 15.2. The Bertz CT molecular complexity index is 613. The van der Waals surface area contributed by atoms with Gasteiger partial charge in [0, 0.05) is 17.6 Å². The van der Waals surface area contributed by atoms with E-state index in [0.717, 1.165) is 10.6 Å². The zero-order valence-corrected chi connectivity index (χ0v) is 12.6. The standard InChI is InChI=1S/C16H16ClNO3/c1-18(20-2)16(19)13-4-3-5-15(10-13)21-11-12-6-8-14(17)9-7-12/h3-10H,11H2,1-2H3. The second-order valence-corrected chi connectivity index (χ2v) is 4.86. The Kier molecular flexibility index (Phi) is 5.20. The molecule has 1 amide bonds. The van der Waals surface area contributed by atoms with Crippen LogP contribution < -0.4 is 4.74 Å². The number of halogens is 1. The van der Waals surface area contributed by atoms with Gasteiger partial charge in [0.2, 0.25) is 0 Å². The van der Waals surface area contributed by atoms with Gasteiger partial charge in [-0.3, -0.25) is 9.63 Å². The zero-order valence-electron chi connectivity index (χ0n) is 11.9. The van der Waals surface area contributed by atoms with Gasteiger partial charge in [-0.25, -0.2) is 5.06 Å². The molecule has 0 aliphatic rings. The van der Waals surface area contributed by atoms with Gasteiger partial charge in [-0.15, -0.1) is 0 Å². The molecular weight excluding hydrogens is 290 g/mol. The molecule has 2 aromatic carbocycles. The number of hydrogen-bond acceptors (Lipinski definition) is 3. The van der Waals surface area contributed by atoms with Gasteiger partial charge in [0.05, 0.1) is 7.11 Å². The third-order valence-electron chi connectivity index (χ3n) is 2.96. The van der Waals surface area contributed by atoms with E-state index in [4.69, 9.17) is 21.2 Å². The van der Waals surface area contributed by atoms with Crippen LogP contribution in [0.15, 0.2) is 48.5 Å². The number of nitrogens with zero attached hydrogens (tertiary/aromatic N) is 1. The Balaban J connectivity index is 2.04. The van der Waals surface area contributed by atoms with Gasteiger partial charge in [-0.1, -0.05) is 29.8 Å². The van der Waals surface area contributed by atoms with Crippen LogP contribution in [0.5, 0.6) is 5.75 Å². The molecule has 0 aliphatic heterocycles. The summed E-state index contributed by atoms with van der Waals surface area (Å²) in [5.41, 5.74) is 1.51. The van der Waals surface area contributed by atoms with Crippen molar-refractivity contribution in [3.05, 3.63) is 64.7 Å². The summed E-state index contributed by atoms with van der Waals surface area (Å²) in [6, 6.07) is 14.4. The van der Waals surface area contributed by atoms with E-state index in [1.165, 1.54) is 7.11 Å². The molecule has 0 spiro atoms. The Morgan fingerprint density at radius 3 is 2.57 bits per heavy atom. The highest BCUT2D eigenvalue weighted by Gasteiger charge is 2.11. The fourth-order valence-electron chi connectivity index (χ4n) is 1.73. The average molecular weight is 306 g/mol. The molecule has 0 aromatic heterocycles. The first-order valence-electron chi connectivity index (χ1n) is 6.39. The molecule has 0 fully saturated rings. The molecule has 0 saturated carbocycles. The van der Waals surface area contributed by atoms with Crippen molar-refractivity contribution in [1.29, 1.82) is 0 Å². The third kappa shape index (κ3) is 4.21. The molecule has 21 heavy (non-hydrogen) atoms. The number of benzene rings is 2. The Morgan fingerprint density at radius 1 is 1.19 bits per heavy atom. The van der Waals surface area contributed by atoms with Gasteiger partial charge in [-0.05, 0) is 35.9 Å². The van der Waals surface area contributed by atoms with Crippen LogP contribution in [0.4, 0.5) is 0 Å². The van der Waals surface area contributed by atoms with Crippen molar-refractivity contribution in [3.63, 3.8) is 0 Å². The molecule has 110 valence electrons. The van der Waals surface area contributed by atoms with Crippen molar-refractivity contribution in [2.24, 2.45) is 0 Å². The molecule has 4 nitrogen and oxygen atoms in total. The summed E-state index contributed by atoms with van der Waals surface area (Å²) in [6.45, 7) is 0.412. The van der Waals surface area contributed by atoms with E-state index in [-0.39, 0.29) is 5.91 Å². The van der Waals surface area contributed by atoms with Crippen LogP contribution in [0.2, 0.25) is 5.02 Å². The van der Waals surface area contributed by atoms with Gasteiger partial charge in [0.25, 0.3) is 5.91 Å². The quantitative estimate of drug-likeness (QED) is 0.793. The van der Waals surface area contributed by atoms with Gasteiger partial charge in [0.15, 0.2) is 0 Å². The number of ether oxygens (including phenoxy) is 1. The SMILES string of the molecule is CON(C)C(=O)c1cccc(OCc2ccc(Cl)cc2)c1. The summed E-state index contributed by atoms with van der Waals surface area (Å²) in [7, 11) is 3.00. The van der Waals surface area contributed by atoms with Gasteiger partial charge >= 0.3 is 0 Å². The average Bonchev–Trinajstić information content (AvgIpc) is 2.53. The lowest BCUT2D eigenvalue weighted by atomic mass is 10.2. The maximum Gasteiger partial charge on any atom is 0.277 e. The summed E-state index contributed by atoms with van der Waals surface area (Å²) in [6.07, 6.45) is 0. The fraction of sp³-hybridized carbons (Fsp3) is 0.188. The maximum absolute atomic E-state index is 12.0. The molecular formula is C16H16ClNO3. The van der Waals surface area contributed by atoms with E-state index in [1.54, 1.807) is 31.3 Å². The van der Waals surface area contributed by atoms with Crippen LogP contribution in [0.25, 0.3) is 0 Å². The van der Waals surface area contributed by atoms with Gasteiger partial charge in [-0.2, -0.15) is 0 Å². The van der Waals surface area contributed by atoms with E-state index < -0.39 is 0 Å². The summed E-state index contributed by atoms with van der Waals surface area (Å²) in [5, 5.41) is 1.85. The minimum atomic E-state index is -0.227. The molecule has 5 heteroatoms. The fourth-order valence-corrected chi connectivity index (χ4v) is 1.86. The van der Waals surface area contributed by atoms with E-state index in [9.17, 15) is 4.79 Å². The van der Waals surface area contributed by atoms with Crippen LogP contribution >= 0.6 is 11.6 Å². The van der Waals surface area contributed by atoms with Crippen molar-refractivity contribution in [3.8, 4) is 5.75 Å². The molecule has 0 atom stereocenters. The normalized spacial score (nSPS) is 10.2. The highest BCUT2D eigenvalue weighted by atomic mass is 35.5. The summed E-state index contributed by atoms with van der Waals surface area (Å²) in [4.78, 5) is 16.8. The van der Waals surface area contributed by atoms with Crippen molar-refractivity contribution in [1.82, 2.24) is 5.06 Å². The maximum atomic E-state index is 12.0. The number of hydrogen-bond donors (Lipinski definition) is 0. The van der Waals surface area contributed by atoms with Gasteiger partial charge in [0.1, 0.15) is 12.4 Å². The molecule has 0 N–H and O–H groups in total. The number of hydroxylamine groups is 2. The lowest BCUT2D eigenvalue weighted by molar-refractivity contribution is -0.0757. The second-order valence-electron chi connectivity index (χ2n) is 4.43. The number of carbonyl (C=O) groups excluding carboxylic acids is 1. The number of carbonyl (C=O) groups is 1. The first-order valence-corrected chi connectivity index (χ1v) is 6.77. The van der Waals surface area contributed by atoms with Crippen LogP contribution in [0, 0.1) is 0 Å². The Labute approximate surface area is 128 Å².